The number of hydrogen-bond donors (Lipinski definition) is 0. The number of amides is 2. The van der Waals surface area contributed by atoms with Crippen molar-refractivity contribution in [2.45, 2.75) is 166 Å². The van der Waals surface area contributed by atoms with Gasteiger partial charge in [-0.1, -0.05) is 196 Å². The van der Waals surface area contributed by atoms with Crippen molar-refractivity contribution in [1.82, 2.24) is 10.0 Å². The molecule has 15 heteroatoms. The number of esters is 3. The summed E-state index contributed by atoms with van der Waals surface area (Å²) in [4.78, 5) is 73.9. The van der Waals surface area contributed by atoms with Gasteiger partial charge in [0.2, 0.25) is 0 Å². The van der Waals surface area contributed by atoms with Crippen LogP contribution in [0.25, 0.3) is 0 Å². The molecule has 71 heavy (non-hydrogen) atoms. The maximum Gasteiger partial charge on any atom is 0.350 e. The van der Waals surface area contributed by atoms with E-state index in [4.69, 9.17) is 14.2 Å². The summed E-state index contributed by atoms with van der Waals surface area (Å²) >= 11 is 4.38. The Hall–Kier alpha value is -4.62. The number of ether oxygens (including phenoxy) is 3. The molecule has 3 heterocycles. The highest BCUT2D eigenvalue weighted by Gasteiger charge is 2.50. The number of carbonyl (C=O) groups excluding carboxylic acids is 5. The van der Waals surface area contributed by atoms with Gasteiger partial charge in [0, 0.05) is 12.8 Å². The Balaban J connectivity index is 1.51. The first-order chi connectivity index (χ1) is 33.5. The van der Waals surface area contributed by atoms with Gasteiger partial charge >= 0.3 is 17.9 Å². The number of nitriles is 1. The van der Waals surface area contributed by atoms with E-state index in [1.165, 1.54) is 10.0 Å². The summed E-state index contributed by atoms with van der Waals surface area (Å²) < 4.78 is 19.3. The molecule has 0 aromatic heterocycles. The molecule has 3 aromatic carbocycles. The first-order valence-corrected chi connectivity index (χ1v) is 28.0. The van der Waals surface area contributed by atoms with E-state index in [0.29, 0.717) is 28.1 Å². The van der Waals surface area contributed by atoms with Crippen molar-refractivity contribution < 1.29 is 38.2 Å². The van der Waals surface area contributed by atoms with E-state index < -0.39 is 41.8 Å². The molecular weight excluding hydrogens is 971 g/mol. The number of hydrogen-bond acceptors (Lipinski definition) is 13. The van der Waals surface area contributed by atoms with Crippen LogP contribution in [0, 0.1) is 39.9 Å². The van der Waals surface area contributed by atoms with Crippen LogP contribution in [-0.4, -0.2) is 46.3 Å². The van der Waals surface area contributed by atoms with E-state index in [9.17, 15) is 19.6 Å². The smallest absolute Gasteiger partial charge is 0.350 e. The molecule has 1 saturated heterocycles. The predicted octanol–water partition coefficient (Wildman–Crippen LogP) is 14.6. The van der Waals surface area contributed by atoms with Gasteiger partial charge in [0.15, 0.2) is 17.1 Å². The average Bonchev–Trinajstić information content (AvgIpc) is 4.00. The monoisotopic (exact) mass is 1040 g/mol. The van der Waals surface area contributed by atoms with Crippen LogP contribution >= 0.6 is 47.0 Å². The molecule has 0 radical (unpaired) electrons. The van der Waals surface area contributed by atoms with Gasteiger partial charge in [-0.15, -0.1) is 0 Å². The van der Waals surface area contributed by atoms with E-state index in [2.05, 4.69) is 54.5 Å². The summed E-state index contributed by atoms with van der Waals surface area (Å²) in [6.45, 7) is 24.8. The summed E-state index contributed by atoms with van der Waals surface area (Å²) in [5.41, 5.74) is 1.30. The number of unbranched alkanes of at least 4 members (excludes halogenated alkanes) is 1. The van der Waals surface area contributed by atoms with E-state index in [1.54, 1.807) is 0 Å². The van der Waals surface area contributed by atoms with Crippen molar-refractivity contribution in [3.63, 3.8) is 0 Å². The number of fused-ring (bicyclic) bond motifs is 2. The number of thioether (sulfide) groups is 4. The van der Waals surface area contributed by atoms with E-state index >= 15 is 9.59 Å². The van der Waals surface area contributed by atoms with Crippen molar-refractivity contribution in [1.29, 1.82) is 5.26 Å². The Morgan fingerprint density at radius 1 is 0.662 bits per heavy atom. The van der Waals surface area contributed by atoms with Crippen molar-refractivity contribution in [2.24, 2.45) is 28.6 Å². The zero-order valence-corrected chi connectivity index (χ0v) is 46.5. The van der Waals surface area contributed by atoms with Crippen LogP contribution in [0.3, 0.4) is 0 Å². The lowest BCUT2D eigenvalue weighted by Gasteiger charge is -2.36. The molecule has 3 aromatic rings. The van der Waals surface area contributed by atoms with Gasteiger partial charge in [-0.25, -0.2) is 14.8 Å². The molecule has 3 aliphatic rings. The Kier molecular flexibility index (Phi) is 18.8. The van der Waals surface area contributed by atoms with Crippen molar-refractivity contribution in [3.8, 4) is 17.6 Å². The van der Waals surface area contributed by atoms with Crippen molar-refractivity contribution in [3.05, 3.63) is 91.4 Å². The topological polar surface area (TPSA) is 143 Å². The van der Waals surface area contributed by atoms with Crippen LogP contribution in [0.5, 0.6) is 11.5 Å². The van der Waals surface area contributed by atoms with Crippen molar-refractivity contribution in [2.75, 3.05) is 6.61 Å². The molecular formula is C56H69N3O8S4. The molecule has 0 bridgehead atoms. The maximum atomic E-state index is 15.1. The minimum absolute atomic E-state index is 0.0377. The third kappa shape index (κ3) is 13.7. The molecule has 1 fully saturated rings. The van der Waals surface area contributed by atoms with Gasteiger partial charge in [-0.05, 0) is 72.8 Å². The normalized spacial score (nSPS) is 16.8. The lowest BCUT2D eigenvalue weighted by atomic mass is 9.84. The van der Waals surface area contributed by atoms with Gasteiger partial charge in [0.1, 0.15) is 11.6 Å². The maximum absolute atomic E-state index is 15.1. The summed E-state index contributed by atoms with van der Waals surface area (Å²) in [5.74, 6) is -2.42. The molecule has 11 nitrogen and oxygen atoms in total. The summed E-state index contributed by atoms with van der Waals surface area (Å²) in [6, 6.07) is 20.1. The number of nitrogens with zero attached hydrogens (tertiary/aromatic N) is 3. The lowest BCUT2D eigenvalue weighted by Crippen LogP contribution is -2.43. The fraction of sp³-hybridized carbons (Fsp3) is 0.500. The fourth-order valence-corrected chi connectivity index (χ4v) is 14.8. The van der Waals surface area contributed by atoms with Crippen LogP contribution in [-0.2, 0) is 28.7 Å². The van der Waals surface area contributed by atoms with E-state index in [0.717, 1.165) is 96.7 Å². The summed E-state index contributed by atoms with van der Waals surface area (Å²) in [6.07, 6.45) is 5.41. The van der Waals surface area contributed by atoms with Gasteiger partial charge in [-0.2, -0.15) is 5.26 Å². The SMILES string of the molecule is CCCCC(CC)COC(=O)C(C#N)=C1Sc2c(OC(=O)CC(C)CC(C)(C)C)c3c(c(OC(=O)CC(C)CC(C)(C)C)c2S1)SC(=C1C(=O)N(C(C)c2ccccc2)N(C(C)c2ccccc2)C1=O)S3. The second-order valence-corrected chi connectivity index (χ2v) is 26.0. The second-order valence-electron chi connectivity index (χ2n) is 21.4. The van der Waals surface area contributed by atoms with Gasteiger partial charge in [0.05, 0.1) is 46.7 Å². The Morgan fingerprint density at radius 3 is 1.46 bits per heavy atom. The molecule has 5 atom stereocenters. The van der Waals surface area contributed by atoms with Gasteiger partial charge < -0.3 is 14.2 Å². The third-order valence-corrected chi connectivity index (χ3v) is 17.7. The first-order valence-electron chi connectivity index (χ1n) is 24.7. The zero-order valence-electron chi connectivity index (χ0n) is 43.3. The predicted molar refractivity (Wildman–Crippen MR) is 284 cm³/mol. The van der Waals surface area contributed by atoms with Crippen LogP contribution in [0.4, 0.5) is 0 Å². The number of benzene rings is 3. The highest BCUT2D eigenvalue weighted by atomic mass is 32.2. The molecule has 380 valence electrons. The van der Waals surface area contributed by atoms with Gasteiger partial charge in [0.25, 0.3) is 11.8 Å². The largest absolute Gasteiger partial charge is 0.461 e. The van der Waals surface area contributed by atoms with Crippen LogP contribution in [0.15, 0.2) is 99.9 Å². The molecule has 2 amide bonds. The molecule has 0 aliphatic carbocycles. The number of carbonyl (C=O) groups is 5. The first kappa shape index (κ1) is 55.7. The van der Waals surface area contributed by atoms with Crippen LogP contribution in [0.2, 0.25) is 0 Å². The zero-order chi connectivity index (χ0) is 51.9. The molecule has 0 N–H and O–H groups in total. The van der Waals surface area contributed by atoms with Crippen molar-refractivity contribution >= 4 is 76.8 Å². The lowest BCUT2D eigenvalue weighted by molar-refractivity contribution is -0.157. The Bertz CT molecular complexity index is 2450. The minimum Gasteiger partial charge on any atom is -0.461 e. The molecule has 5 unspecified atom stereocenters. The molecule has 0 saturated carbocycles. The Labute approximate surface area is 438 Å². The third-order valence-electron chi connectivity index (χ3n) is 12.5. The number of hydrazine groups is 1. The highest BCUT2D eigenvalue weighted by Crippen LogP contribution is 2.69. The highest BCUT2D eigenvalue weighted by molar-refractivity contribution is 8.26. The second kappa shape index (κ2) is 23.9. The summed E-state index contributed by atoms with van der Waals surface area (Å²) in [7, 11) is 0. The minimum atomic E-state index is -0.764. The standard InChI is InChI=1S/C56H69N3O8S4/c1-13-15-22-37(14-2)32-65-52(64)40(31-57)53-68-46-44(66-41(60)27-33(3)29-55(7,8)9)48-49(45(47(46)69-53)67-42(61)28-34(4)30-56(10,11)12)71-54(70-48)43-50(62)58(35(5)38-23-18-16-19-24-38)59(51(43)63)36(6)39-25-20-17-21-26-39/h16-21,23-26,33-37H,13-15,22,27-30,32H2,1-12H3. The van der Waals surface area contributed by atoms with Gasteiger partial charge in [-0.3, -0.25) is 19.2 Å². The number of rotatable bonds is 19. The quantitative estimate of drug-likeness (QED) is 0.0370. The van der Waals surface area contributed by atoms with E-state index in [-0.39, 0.29) is 70.7 Å². The molecule has 3 aliphatic heterocycles. The average molecular weight is 1040 g/mol. The van der Waals surface area contributed by atoms with E-state index in [1.807, 2.05) is 95.3 Å². The molecule has 6 rings (SSSR count). The fourth-order valence-electron chi connectivity index (χ4n) is 9.41. The molecule has 0 spiro atoms. The van der Waals surface area contributed by atoms with Crippen LogP contribution in [0.1, 0.15) is 158 Å². The van der Waals surface area contributed by atoms with Crippen LogP contribution < -0.4 is 9.47 Å². The summed E-state index contributed by atoms with van der Waals surface area (Å²) in [5, 5.41) is 13.6. The Morgan fingerprint density at radius 2 is 1.08 bits per heavy atom.